The zero-order chi connectivity index (χ0) is 15.9. The Morgan fingerprint density at radius 2 is 1.86 bits per heavy atom. The highest BCUT2D eigenvalue weighted by molar-refractivity contribution is 6.02. The number of rotatable bonds is 9. The summed E-state index contributed by atoms with van der Waals surface area (Å²) in [6.07, 6.45) is 8.93. The minimum Gasteiger partial charge on any atom is -0.497 e. The van der Waals surface area contributed by atoms with Crippen molar-refractivity contribution in [2.24, 2.45) is 0 Å². The van der Waals surface area contributed by atoms with E-state index in [0.717, 1.165) is 35.9 Å². The number of carbonyl (C=O) groups is 1. The van der Waals surface area contributed by atoms with Gasteiger partial charge in [0.2, 0.25) is 0 Å². The maximum absolute atomic E-state index is 11.4. The minimum absolute atomic E-state index is 0.670. The molecular weight excluding hydrogens is 278 g/mol. The van der Waals surface area contributed by atoms with Gasteiger partial charge in [0.1, 0.15) is 11.5 Å². The number of methoxy groups -OCH3 is 2. The Kier molecular flexibility index (Phi) is 5.87. The number of aldehydes is 1. The Balaban J connectivity index is 2.31. The number of fused-ring (bicyclic) bond motifs is 1. The topological polar surface area (TPSA) is 40.5 Å². The lowest BCUT2D eigenvalue weighted by atomic mass is 10.1. The van der Waals surface area contributed by atoms with Crippen LogP contribution in [0.5, 0.6) is 11.5 Å². The van der Waals surface area contributed by atoms with E-state index in [2.05, 4.69) is 11.5 Å². The average Bonchev–Trinajstić information content (AvgIpc) is 2.91. The molecule has 0 spiro atoms. The summed E-state index contributed by atoms with van der Waals surface area (Å²) in [5.41, 5.74) is 1.66. The molecule has 0 radical (unpaired) electrons. The molecule has 2 rings (SSSR count). The summed E-state index contributed by atoms with van der Waals surface area (Å²) in [6, 6.07) is 3.79. The van der Waals surface area contributed by atoms with E-state index in [9.17, 15) is 4.79 Å². The SMILES string of the molecule is CCCCCCCn1cc(C=O)c2c(OC)cc(OC)cc21. The zero-order valence-electron chi connectivity index (χ0n) is 13.7. The molecule has 1 aromatic carbocycles. The van der Waals surface area contributed by atoms with Crippen LogP contribution in [0.2, 0.25) is 0 Å². The molecule has 4 nitrogen and oxygen atoms in total. The van der Waals surface area contributed by atoms with Crippen molar-refractivity contribution in [2.75, 3.05) is 14.2 Å². The van der Waals surface area contributed by atoms with Gasteiger partial charge in [-0.15, -0.1) is 0 Å². The molecule has 0 aliphatic rings. The Morgan fingerprint density at radius 3 is 2.50 bits per heavy atom. The van der Waals surface area contributed by atoms with E-state index < -0.39 is 0 Å². The molecule has 1 aromatic heterocycles. The lowest BCUT2D eigenvalue weighted by Gasteiger charge is -2.09. The fourth-order valence-corrected chi connectivity index (χ4v) is 2.83. The van der Waals surface area contributed by atoms with Crippen LogP contribution < -0.4 is 9.47 Å². The molecule has 0 amide bonds. The Morgan fingerprint density at radius 1 is 1.09 bits per heavy atom. The number of aromatic nitrogens is 1. The summed E-state index contributed by atoms with van der Waals surface area (Å²) in [7, 11) is 3.25. The Labute approximate surface area is 132 Å². The number of nitrogens with zero attached hydrogens (tertiary/aromatic N) is 1. The number of hydrogen-bond acceptors (Lipinski definition) is 3. The predicted octanol–water partition coefficient (Wildman–Crippen LogP) is 4.44. The van der Waals surface area contributed by atoms with Crippen LogP contribution >= 0.6 is 0 Å². The van der Waals surface area contributed by atoms with E-state index in [0.29, 0.717) is 11.3 Å². The molecule has 22 heavy (non-hydrogen) atoms. The fourth-order valence-electron chi connectivity index (χ4n) is 2.83. The number of ether oxygens (including phenoxy) is 2. The highest BCUT2D eigenvalue weighted by atomic mass is 16.5. The number of benzene rings is 1. The van der Waals surface area contributed by atoms with Crippen molar-refractivity contribution >= 4 is 17.2 Å². The van der Waals surface area contributed by atoms with Gasteiger partial charge in [0, 0.05) is 30.4 Å². The van der Waals surface area contributed by atoms with Gasteiger partial charge in [-0.1, -0.05) is 32.6 Å². The van der Waals surface area contributed by atoms with E-state index in [4.69, 9.17) is 9.47 Å². The molecule has 0 saturated carbocycles. The molecule has 120 valence electrons. The van der Waals surface area contributed by atoms with Crippen molar-refractivity contribution in [2.45, 2.75) is 45.6 Å². The van der Waals surface area contributed by atoms with Crippen molar-refractivity contribution < 1.29 is 14.3 Å². The van der Waals surface area contributed by atoms with Crippen LogP contribution in [0.3, 0.4) is 0 Å². The molecule has 0 aliphatic heterocycles. The minimum atomic E-state index is 0.670. The second-order valence-corrected chi connectivity index (χ2v) is 5.53. The predicted molar refractivity (Wildman–Crippen MR) is 89.2 cm³/mol. The van der Waals surface area contributed by atoms with Gasteiger partial charge in [-0.2, -0.15) is 0 Å². The van der Waals surface area contributed by atoms with Gasteiger partial charge in [0.15, 0.2) is 6.29 Å². The number of hydrogen-bond donors (Lipinski definition) is 0. The highest BCUT2D eigenvalue weighted by Crippen LogP contribution is 2.34. The molecule has 2 aromatic rings. The van der Waals surface area contributed by atoms with E-state index in [-0.39, 0.29) is 0 Å². The molecule has 0 aliphatic carbocycles. The molecule has 1 heterocycles. The fraction of sp³-hybridized carbons (Fsp3) is 0.500. The quantitative estimate of drug-likeness (QED) is 0.508. The number of aryl methyl sites for hydroxylation is 1. The van der Waals surface area contributed by atoms with Gasteiger partial charge in [0.25, 0.3) is 0 Å². The van der Waals surface area contributed by atoms with Crippen molar-refractivity contribution in [1.82, 2.24) is 4.57 Å². The summed E-state index contributed by atoms with van der Waals surface area (Å²) in [5, 5.41) is 0.867. The summed E-state index contributed by atoms with van der Waals surface area (Å²) < 4.78 is 12.9. The lowest BCUT2D eigenvalue weighted by Crippen LogP contribution is -1.97. The summed E-state index contributed by atoms with van der Waals surface area (Å²) >= 11 is 0. The lowest BCUT2D eigenvalue weighted by molar-refractivity contribution is 0.112. The van der Waals surface area contributed by atoms with Crippen LogP contribution in [0.1, 0.15) is 49.4 Å². The third-order valence-corrected chi connectivity index (χ3v) is 4.03. The van der Waals surface area contributed by atoms with E-state index >= 15 is 0 Å². The first-order valence-electron chi connectivity index (χ1n) is 7.95. The summed E-state index contributed by atoms with van der Waals surface area (Å²) in [6.45, 7) is 3.12. The average molecular weight is 303 g/mol. The Hall–Kier alpha value is -1.97. The first-order valence-corrected chi connectivity index (χ1v) is 7.95. The normalized spacial score (nSPS) is 10.9. The molecular formula is C18H25NO3. The Bertz CT molecular complexity index is 631. The van der Waals surface area contributed by atoms with Gasteiger partial charge >= 0.3 is 0 Å². The maximum atomic E-state index is 11.4. The molecule has 0 fully saturated rings. The first-order chi connectivity index (χ1) is 10.7. The number of carbonyl (C=O) groups excluding carboxylic acids is 1. The smallest absolute Gasteiger partial charge is 0.152 e. The molecule has 4 heteroatoms. The van der Waals surface area contributed by atoms with Gasteiger partial charge in [-0.05, 0) is 6.42 Å². The van der Waals surface area contributed by atoms with Crippen molar-refractivity contribution in [3.63, 3.8) is 0 Å². The molecule has 0 atom stereocenters. The second-order valence-electron chi connectivity index (χ2n) is 5.53. The summed E-state index contributed by atoms with van der Waals surface area (Å²) in [4.78, 5) is 11.4. The van der Waals surface area contributed by atoms with E-state index in [1.807, 2.05) is 18.3 Å². The largest absolute Gasteiger partial charge is 0.497 e. The van der Waals surface area contributed by atoms with Gasteiger partial charge < -0.3 is 14.0 Å². The van der Waals surface area contributed by atoms with Gasteiger partial charge in [-0.3, -0.25) is 4.79 Å². The van der Waals surface area contributed by atoms with Crippen molar-refractivity contribution in [1.29, 1.82) is 0 Å². The molecule has 0 unspecified atom stereocenters. The van der Waals surface area contributed by atoms with Gasteiger partial charge in [-0.25, -0.2) is 0 Å². The van der Waals surface area contributed by atoms with E-state index in [1.54, 1.807) is 14.2 Å². The van der Waals surface area contributed by atoms with Crippen LogP contribution in [0.15, 0.2) is 18.3 Å². The van der Waals surface area contributed by atoms with Crippen molar-refractivity contribution in [3.05, 3.63) is 23.9 Å². The number of unbranched alkanes of at least 4 members (excludes halogenated alkanes) is 4. The maximum Gasteiger partial charge on any atom is 0.152 e. The van der Waals surface area contributed by atoms with Crippen LogP contribution in [0.4, 0.5) is 0 Å². The standard InChI is InChI=1S/C18H25NO3/c1-4-5-6-7-8-9-19-12-14(13-20)18-16(19)10-15(21-2)11-17(18)22-3/h10-13H,4-9H2,1-3H3. The zero-order valence-corrected chi connectivity index (χ0v) is 13.7. The second kappa shape index (κ2) is 7.87. The highest BCUT2D eigenvalue weighted by Gasteiger charge is 2.14. The monoisotopic (exact) mass is 303 g/mol. The molecule has 0 saturated heterocycles. The third-order valence-electron chi connectivity index (χ3n) is 4.03. The van der Waals surface area contributed by atoms with E-state index in [1.165, 1.54) is 25.7 Å². The molecule has 0 N–H and O–H groups in total. The summed E-state index contributed by atoms with van der Waals surface area (Å²) in [5.74, 6) is 1.42. The van der Waals surface area contributed by atoms with Crippen LogP contribution in [-0.2, 0) is 6.54 Å². The third kappa shape index (κ3) is 3.43. The van der Waals surface area contributed by atoms with Gasteiger partial charge in [0.05, 0.1) is 25.1 Å². The van der Waals surface area contributed by atoms with Crippen LogP contribution in [0.25, 0.3) is 10.9 Å². The van der Waals surface area contributed by atoms with Crippen LogP contribution in [0, 0.1) is 0 Å². The van der Waals surface area contributed by atoms with Crippen LogP contribution in [-0.4, -0.2) is 25.1 Å². The molecule has 0 bridgehead atoms. The first kappa shape index (κ1) is 16.4. The van der Waals surface area contributed by atoms with Crippen molar-refractivity contribution in [3.8, 4) is 11.5 Å².